The van der Waals surface area contributed by atoms with Gasteiger partial charge in [0.05, 0.1) is 18.9 Å². The lowest BCUT2D eigenvalue weighted by Gasteiger charge is -2.20. The Morgan fingerprint density at radius 3 is 2.59 bits per heavy atom. The highest BCUT2D eigenvalue weighted by molar-refractivity contribution is 5.92. The summed E-state index contributed by atoms with van der Waals surface area (Å²) in [5.41, 5.74) is 0.639. The number of nitrogens with one attached hydrogen (secondary N) is 1. The summed E-state index contributed by atoms with van der Waals surface area (Å²) in [6, 6.07) is 7.28. The first-order valence-electron chi connectivity index (χ1n) is 7.34. The van der Waals surface area contributed by atoms with Crippen LogP contribution in [0, 0.1) is 0 Å². The first-order chi connectivity index (χ1) is 10.6. The predicted molar refractivity (Wildman–Crippen MR) is 85.0 cm³/mol. The van der Waals surface area contributed by atoms with Crippen molar-refractivity contribution in [1.29, 1.82) is 0 Å². The van der Waals surface area contributed by atoms with Crippen LogP contribution in [0.2, 0.25) is 0 Å². The third-order valence-corrected chi connectivity index (χ3v) is 3.08. The van der Waals surface area contributed by atoms with Crippen molar-refractivity contribution >= 4 is 17.5 Å². The molecule has 0 aromatic heterocycles. The molecule has 6 nitrogen and oxygen atoms in total. The van der Waals surface area contributed by atoms with Crippen LogP contribution in [0.4, 0.5) is 5.69 Å². The lowest BCUT2D eigenvalue weighted by molar-refractivity contribution is -0.130. The number of hydrogen-bond donors (Lipinski definition) is 1. The molecule has 1 aromatic rings. The largest absolute Gasteiger partial charge is 0.492 e. The fourth-order valence-corrected chi connectivity index (χ4v) is 1.93. The molecule has 1 aromatic carbocycles. The van der Waals surface area contributed by atoms with E-state index in [4.69, 9.17) is 9.47 Å². The van der Waals surface area contributed by atoms with E-state index in [2.05, 4.69) is 5.32 Å². The summed E-state index contributed by atoms with van der Waals surface area (Å²) in [5.74, 6) is 0.413. The number of nitrogens with zero attached hydrogens (tertiary/aromatic N) is 1. The molecule has 1 N–H and O–H groups in total. The quantitative estimate of drug-likeness (QED) is 0.756. The number of rotatable bonds is 9. The van der Waals surface area contributed by atoms with E-state index in [1.165, 1.54) is 6.92 Å². The zero-order valence-electron chi connectivity index (χ0n) is 13.4. The molecule has 1 rings (SSSR count). The van der Waals surface area contributed by atoms with Crippen LogP contribution in [0.1, 0.15) is 20.3 Å². The molecule has 0 fully saturated rings. The zero-order chi connectivity index (χ0) is 16.4. The van der Waals surface area contributed by atoms with Gasteiger partial charge in [-0.25, -0.2) is 0 Å². The number of benzene rings is 1. The van der Waals surface area contributed by atoms with Gasteiger partial charge in [0.15, 0.2) is 0 Å². The number of carbonyl (C=O) groups is 2. The second-order valence-corrected chi connectivity index (χ2v) is 4.73. The van der Waals surface area contributed by atoms with Gasteiger partial charge in [0.2, 0.25) is 11.8 Å². The first kappa shape index (κ1) is 18.0. The Kier molecular flexibility index (Phi) is 7.99. The third-order valence-electron chi connectivity index (χ3n) is 3.08. The number of methoxy groups -OCH3 is 1. The van der Waals surface area contributed by atoms with Gasteiger partial charge in [-0.3, -0.25) is 9.59 Å². The molecule has 0 atom stereocenters. The average Bonchev–Trinajstić information content (AvgIpc) is 2.49. The maximum atomic E-state index is 12.0. The molecule has 0 unspecified atom stereocenters. The Morgan fingerprint density at radius 2 is 1.95 bits per heavy atom. The lowest BCUT2D eigenvalue weighted by atomic mass is 10.2. The second-order valence-electron chi connectivity index (χ2n) is 4.73. The number of anilines is 1. The molecule has 22 heavy (non-hydrogen) atoms. The van der Waals surface area contributed by atoms with Gasteiger partial charge in [0.25, 0.3) is 0 Å². The molecule has 122 valence electrons. The number of ether oxygens (including phenoxy) is 2. The Balaban J connectivity index is 2.53. The molecule has 0 aliphatic heterocycles. The summed E-state index contributed by atoms with van der Waals surface area (Å²) in [7, 11) is 1.58. The molecule has 6 heteroatoms. The van der Waals surface area contributed by atoms with E-state index in [1.807, 2.05) is 19.1 Å². The van der Waals surface area contributed by atoms with Crippen molar-refractivity contribution in [2.45, 2.75) is 20.3 Å². The predicted octanol–water partition coefficient (Wildman–Crippen LogP) is 1.91. The van der Waals surface area contributed by atoms with Gasteiger partial charge in [0, 0.05) is 33.5 Å². The van der Waals surface area contributed by atoms with Gasteiger partial charge in [-0.1, -0.05) is 12.1 Å². The Bertz CT molecular complexity index is 491. The van der Waals surface area contributed by atoms with E-state index in [-0.39, 0.29) is 18.2 Å². The van der Waals surface area contributed by atoms with Gasteiger partial charge in [-0.15, -0.1) is 0 Å². The molecule has 2 amide bonds. The molecule has 0 bridgehead atoms. The van der Waals surface area contributed by atoms with Crippen LogP contribution < -0.4 is 10.1 Å². The minimum absolute atomic E-state index is 0.0698. The number of carbonyl (C=O) groups excluding carboxylic acids is 2. The van der Waals surface area contributed by atoms with E-state index in [1.54, 1.807) is 24.1 Å². The van der Waals surface area contributed by atoms with Gasteiger partial charge >= 0.3 is 0 Å². The highest BCUT2D eigenvalue weighted by Crippen LogP contribution is 2.23. The van der Waals surface area contributed by atoms with Crippen LogP contribution in [0.15, 0.2) is 24.3 Å². The maximum absolute atomic E-state index is 12.0. The Hall–Kier alpha value is -2.08. The molecule has 0 aliphatic rings. The van der Waals surface area contributed by atoms with Crippen molar-refractivity contribution in [1.82, 2.24) is 4.90 Å². The second kappa shape index (κ2) is 9.78. The van der Waals surface area contributed by atoms with Gasteiger partial charge < -0.3 is 19.7 Å². The zero-order valence-corrected chi connectivity index (χ0v) is 13.4. The van der Waals surface area contributed by atoms with Crippen LogP contribution in [-0.4, -0.2) is 50.1 Å². The van der Waals surface area contributed by atoms with Crippen LogP contribution in [0.3, 0.4) is 0 Å². The van der Waals surface area contributed by atoms with Crippen LogP contribution >= 0.6 is 0 Å². The van der Waals surface area contributed by atoms with Crippen LogP contribution in [0.25, 0.3) is 0 Å². The highest BCUT2D eigenvalue weighted by atomic mass is 16.5. The summed E-state index contributed by atoms with van der Waals surface area (Å²) in [6.45, 7) is 5.20. The maximum Gasteiger partial charge on any atom is 0.226 e. The highest BCUT2D eigenvalue weighted by Gasteiger charge is 2.12. The fraction of sp³-hybridized carbons (Fsp3) is 0.500. The number of para-hydroxylation sites is 2. The molecule has 0 saturated carbocycles. The van der Waals surface area contributed by atoms with Crippen molar-refractivity contribution in [2.75, 3.05) is 38.7 Å². The Morgan fingerprint density at radius 1 is 1.23 bits per heavy atom. The monoisotopic (exact) mass is 308 g/mol. The number of amides is 2. The molecular formula is C16H24N2O4. The average molecular weight is 308 g/mol. The fourth-order valence-electron chi connectivity index (χ4n) is 1.93. The van der Waals surface area contributed by atoms with Crippen molar-refractivity contribution in [3.63, 3.8) is 0 Å². The normalized spacial score (nSPS) is 10.1. The lowest BCUT2D eigenvalue weighted by Crippen LogP contribution is -2.34. The van der Waals surface area contributed by atoms with Crippen molar-refractivity contribution < 1.29 is 19.1 Å². The molecule has 0 radical (unpaired) electrons. The molecule has 0 heterocycles. The smallest absolute Gasteiger partial charge is 0.226 e. The van der Waals surface area contributed by atoms with Gasteiger partial charge in [-0.2, -0.15) is 0 Å². The summed E-state index contributed by atoms with van der Waals surface area (Å²) >= 11 is 0. The van der Waals surface area contributed by atoms with Gasteiger partial charge in [0.1, 0.15) is 5.75 Å². The minimum Gasteiger partial charge on any atom is -0.492 e. The van der Waals surface area contributed by atoms with E-state index in [0.717, 1.165) is 0 Å². The van der Waals surface area contributed by atoms with E-state index in [0.29, 0.717) is 37.7 Å². The third kappa shape index (κ3) is 6.13. The molecule has 0 spiro atoms. The SMILES string of the molecule is CCOc1ccccc1NC(=O)CCN(CCOC)C(C)=O. The van der Waals surface area contributed by atoms with E-state index < -0.39 is 0 Å². The topological polar surface area (TPSA) is 67.9 Å². The standard InChI is InChI=1S/C16H24N2O4/c1-4-22-15-8-6-5-7-14(15)17-16(20)9-10-18(13(2)19)11-12-21-3/h5-8H,4,9-12H2,1-3H3,(H,17,20). The minimum atomic E-state index is -0.157. The van der Waals surface area contributed by atoms with Crippen LogP contribution in [0.5, 0.6) is 5.75 Å². The molecule has 0 aliphatic carbocycles. The van der Waals surface area contributed by atoms with E-state index in [9.17, 15) is 9.59 Å². The number of hydrogen-bond acceptors (Lipinski definition) is 4. The first-order valence-corrected chi connectivity index (χ1v) is 7.34. The summed E-state index contributed by atoms with van der Waals surface area (Å²) < 4.78 is 10.4. The summed E-state index contributed by atoms with van der Waals surface area (Å²) in [5, 5.41) is 2.81. The summed E-state index contributed by atoms with van der Waals surface area (Å²) in [4.78, 5) is 25.1. The van der Waals surface area contributed by atoms with Crippen LogP contribution in [-0.2, 0) is 14.3 Å². The molecule has 0 saturated heterocycles. The van der Waals surface area contributed by atoms with Crippen molar-refractivity contribution in [2.24, 2.45) is 0 Å². The van der Waals surface area contributed by atoms with Crippen molar-refractivity contribution in [3.8, 4) is 5.75 Å². The van der Waals surface area contributed by atoms with Crippen molar-refractivity contribution in [3.05, 3.63) is 24.3 Å². The summed E-state index contributed by atoms with van der Waals surface area (Å²) in [6.07, 6.45) is 0.226. The van der Waals surface area contributed by atoms with E-state index >= 15 is 0 Å². The molecular weight excluding hydrogens is 284 g/mol. The van der Waals surface area contributed by atoms with Gasteiger partial charge in [-0.05, 0) is 19.1 Å². The Labute approximate surface area is 131 Å².